The number of amidine groups is 1. The minimum Gasteiger partial charge on any atom is -0.409 e. The van der Waals surface area contributed by atoms with E-state index in [9.17, 15) is 5.11 Å². The van der Waals surface area contributed by atoms with Gasteiger partial charge in [0.15, 0.2) is 5.84 Å². The largest absolute Gasteiger partial charge is 0.409 e. The molecule has 0 aliphatic heterocycles. The van der Waals surface area contributed by atoms with Crippen molar-refractivity contribution in [3.8, 4) is 0 Å². The maximum atomic E-state index is 9.39. The van der Waals surface area contributed by atoms with Crippen molar-refractivity contribution in [2.24, 2.45) is 10.9 Å². The van der Waals surface area contributed by atoms with E-state index in [0.29, 0.717) is 11.4 Å². The van der Waals surface area contributed by atoms with Gasteiger partial charge in [-0.1, -0.05) is 28.9 Å². The van der Waals surface area contributed by atoms with Crippen molar-refractivity contribution in [1.82, 2.24) is 0 Å². The Bertz CT molecular complexity index is 324. The average molecular weight is 215 g/mol. The highest BCUT2D eigenvalue weighted by molar-refractivity contribution is 6.30. The predicted molar refractivity (Wildman–Crippen MR) is 54.6 cm³/mol. The highest BCUT2D eigenvalue weighted by Crippen LogP contribution is 2.11. The summed E-state index contributed by atoms with van der Waals surface area (Å²) in [6, 6.07) is 6.98. The Labute approximate surface area is 86.6 Å². The fourth-order valence-corrected chi connectivity index (χ4v) is 1.14. The molecule has 0 radical (unpaired) electrons. The minimum absolute atomic E-state index is 0.194. The van der Waals surface area contributed by atoms with Crippen LogP contribution in [-0.4, -0.2) is 22.3 Å². The smallest absolute Gasteiger partial charge is 0.168 e. The molecule has 5 heteroatoms. The van der Waals surface area contributed by atoms with Crippen molar-refractivity contribution < 1.29 is 10.3 Å². The highest BCUT2D eigenvalue weighted by Gasteiger charge is 2.10. The van der Waals surface area contributed by atoms with Crippen molar-refractivity contribution in [2.45, 2.75) is 12.5 Å². The van der Waals surface area contributed by atoms with Crippen LogP contribution in [0.25, 0.3) is 0 Å². The monoisotopic (exact) mass is 214 g/mol. The summed E-state index contributed by atoms with van der Waals surface area (Å²) in [7, 11) is 0. The first kappa shape index (κ1) is 10.8. The quantitative estimate of drug-likeness (QED) is 0.304. The fraction of sp³-hybridized carbons (Fsp3) is 0.222. The maximum Gasteiger partial charge on any atom is 0.168 e. The molecule has 0 aliphatic carbocycles. The number of halogens is 1. The van der Waals surface area contributed by atoms with E-state index >= 15 is 0 Å². The van der Waals surface area contributed by atoms with Crippen molar-refractivity contribution in [2.75, 3.05) is 0 Å². The number of aliphatic hydroxyl groups excluding tert-OH is 1. The van der Waals surface area contributed by atoms with Crippen LogP contribution in [0, 0.1) is 0 Å². The summed E-state index contributed by atoms with van der Waals surface area (Å²) in [5, 5.41) is 21.1. The van der Waals surface area contributed by atoms with E-state index in [0.717, 1.165) is 5.56 Å². The molecule has 1 atom stereocenters. The maximum absolute atomic E-state index is 9.39. The van der Waals surface area contributed by atoms with Crippen LogP contribution in [0.2, 0.25) is 5.02 Å². The van der Waals surface area contributed by atoms with Crippen LogP contribution in [0.1, 0.15) is 5.56 Å². The molecule has 0 heterocycles. The van der Waals surface area contributed by atoms with Crippen molar-refractivity contribution >= 4 is 17.4 Å². The highest BCUT2D eigenvalue weighted by atomic mass is 35.5. The molecule has 76 valence electrons. The minimum atomic E-state index is -0.971. The van der Waals surface area contributed by atoms with Crippen LogP contribution in [0.5, 0.6) is 0 Å². The van der Waals surface area contributed by atoms with Gasteiger partial charge in [0.1, 0.15) is 6.10 Å². The molecular weight excluding hydrogens is 204 g/mol. The lowest BCUT2D eigenvalue weighted by atomic mass is 10.1. The topological polar surface area (TPSA) is 78.8 Å². The van der Waals surface area contributed by atoms with Gasteiger partial charge in [0.25, 0.3) is 0 Å². The molecule has 0 saturated heterocycles. The first-order chi connectivity index (χ1) is 6.63. The molecule has 0 amide bonds. The summed E-state index contributed by atoms with van der Waals surface area (Å²) in [5.41, 5.74) is 6.09. The summed E-state index contributed by atoms with van der Waals surface area (Å²) in [6.07, 6.45) is -0.672. The predicted octanol–water partition coefficient (Wildman–Crippen LogP) is 0.990. The zero-order valence-electron chi connectivity index (χ0n) is 7.39. The molecule has 1 aromatic rings. The number of nitrogens with two attached hydrogens (primary N) is 1. The van der Waals surface area contributed by atoms with Crippen LogP contribution >= 0.6 is 11.6 Å². The van der Waals surface area contributed by atoms with Gasteiger partial charge < -0.3 is 16.0 Å². The van der Waals surface area contributed by atoms with E-state index in [2.05, 4.69) is 5.16 Å². The second kappa shape index (κ2) is 4.83. The summed E-state index contributed by atoms with van der Waals surface area (Å²) < 4.78 is 0. The molecule has 1 rings (SSSR count). The van der Waals surface area contributed by atoms with Crippen LogP contribution in [0.15, 0.2) is 29.4 Å². The second-order valence-electron chi connectivity index (χ2n) is 2.87. The third-order valence-corrected chi connectivity index (χ3v) is 2.05. The number of rotatable bonds is 3. The molecule has 1 aromatic carbocycles. The van der Waals surface area contributed by atoms with E-state index in [1.54, 1.807) is 24.3 Å². The molecule has 0 fully saturated rings. The van der Waals surface area contributed by atoms with Gasteiger partial charge in [0, 0.05) is 11.4 Å². The fourth-order valence-electron chi connectivity index (χ4n) is 1.01. The van der Waals surface area contributed by atoms with Gasteiger partial charge in [-0.25, -0.2) is 0 Å². The Morgan fingerprint density at radius 3 is 2.50 bits per heavy atom. The molecule has 0 saturated carbocycles. The number of hydrogen-bond acceptors (Lipinski definition) is 3. The molecule has 0 spiro atoms. The number of nitrogens with zero attached hydrogens (tertiary/aromatic N) is 1. The summed E-state index contributed by atoms with van der Waals surface area (Å²) in [5.74, 6) is -0.194. The lowest BCUT2D eigenvalue weighted by molar-refractivity contribution is 0.229. The lowest BCUT2D eigenvalue weighted by Crippen LogP contribution is -2.30. The van der Waals surface area contributed by atoms with Gasteiger partial charge in [-0.2, -0.15) is 0 Å². The molecule has 4 nitrogen and oxygen atoms in total. The van der Waals surface area contributed by atoms with E-state index in [4.69, 9.17) is 22.5 Å². The Morgan fingerprint density at radius 1 is 1.43 bits per heavy atom. The Balaban J connectivity index is 2.65. The van der Waals surface area contributed by atoms with E-state index < -0.39 is 6.10 Å². The molecule has 1 unspecified atom stereocenters. The SMILES string of the molecule is N/C(=N\O)C(O)Cc1ccc(Cl)cc1. The van der Waals surface area contributed by atoms with Crippen molar-refractivity contribution in [3.63, 3.8) is 0 Å². The first-order valence-corrected chi connectivity index (χ1v) is 4.41. The van der Waals surface area contributed by atoms with E-state index in [1.807, 2.05) is 0 Å². The van der Waals surface area contributed by atoms with Crippen molar-refractivity contribution in [3.05, 3.63) is 34.9 Å². The van der Waals surface area contributed by atoms with Crippen LogP contribution in [-0.2, 0) is 6.42 Å². The zero-order chi connectivity index (χ0) is 10.6. The summed E-state index contributed by atoms with van der Waals surface area (Å²) in [6.45, 7) is 0. The third-order valence-electron chi connectivity index (χ3n) is 1.80. The second-order valence-corrected chi connectivity index (χ2v) is 3.31. The summed E-state index contributed by atoms with van der Waals surface area (Å²) in [4.78, 5) is 0. The van der Waals surface area contributed by atoms with Gasteiger partial charge in [0.05, 0.1) is 0 Å². The number of benzene rings is 1. The third kappa shape index (κ3) is 2.90. The molecule has 4 N–H and O–H groups in total. The van der Waals surface area contributed by atoms with Crippen molar-refractivity contribution in [1.29, 1.82) is 0 Å². The number of hydrogen-bond donors (Lipinski definition) is 3. The lowest BCUT2D eigenvalue weighted by Gasteiger charge is -2.08. The molecular formula is C9H11ClN2O2. The molecule has 14 heavy (non-hydrogen) atoms. The van der Waals surface area contributed by atoms with E-state index in [-0.39, 0.29) is 5.84 Å². The number of aliphatic hydroxyl groups is 1. The van der Waals surface area contributed by atoms with Gasteiger partial charge in [-0.15, -0.1) is 0 Å². The number of oxime groups is 1. The first-order valence-electron chi connectivity index (χ1n) is 4.03. The molecule has 0 aromatic heterocycles. The normalized spacial score (nSPS) is 14.0. The molecule has 0 aliphatic rings. The van der Waals surface area contributed by atoms with Gasteiger partial charge >= 0.3 is 0 Å². The van der Waals surface area contributed by atoms with Crippen LogP contribution < -0.4 is 5.73 Å². The Morgan fingerprint density at radius 2 is 2.00 bits per heavy atom. The Hall–Kier alpha value is -1.26. The van der Waals surface area contributed by atoms with Gasteiger partial charge in [-0.05, 0) is 17.7 Å². The van der Waals surface area contributed by atoms with Gasteiger partial charge in [-0.3, -0.25) is 0 Å². The average Bonchev–Trinajstić information content (AvgIpc) is 2.20. The van der Waals surface area contributed by atoms with Crippen LogP contribution in [0.3, 0.4) is 0 Å². The summed E-state index contributed by atoms with van der Waals surface area (Å²) >= 11 is 5.69. The Kier molecular flexibility index (Phi) is 3.73. The van der Waals surface area contributed by atoms with E-state index in [1.165, 1.54) is 0 Å². The molecule has 0 bridgehead atoms. The van der Waals surface area contributed by atoms with Gasteiger partial charge in [0.2, 0.25) is 0 Å². The van der Waals surface area contributed by atoms with Crippen LogP contribution in [0.4, 0.5) is 0 Å². The standard InChI is InChI=1S/C9H11ClN2O2/c10-7-3-1-6(2-4-7)5-8(13)9(11)12-14/h1-4,8,13-14H,5H2,(H2,11,12). The zero-order valence-corrected chi connectivity index (χ0v) is 8.15.